The minimum atomic E-state index is 0.714. The van der Waals surface area contributed by atoms with E-state index in [2.05, 4.69) is 132 Å². The molecule has 10 aromatic rings. The van der Waals surface area contributed by atoms with Crippen LogP contribution in [0.15, 0.2) is 152 Å². The van der Waals surface area contributed by atoms with Crippen LogP contribution < -0.4 is 0 Å². The molecule has 214 valence electrons. The molecule has 0 bridgehead atoms. The van der Waals surface area contributed by atoms with Crippen LogP contribution in [-0.4, -0.2) is 14.5 Å². The standard InChI is InChI=1S/C42H25N3S/c1-3-14-27(15-4-1)38-34(25-43-42(44-38)28-16-5-2-6-17-28)45-39-29-18-8-7-13-26(29)23-24-33(39)36-30-19-9-10-20-31(30)37-32-21-11-12-22-35(32)46-41(37)40(36)45/h1-25H. The lowest BCUT2D eigenvalue weighted by atomic mass is 9.98. The maximum atomic E-state index is 5.32. The number of rotatable bonds is 3. The average Bonchev–Trinajstić information content (AvgIpc) is 3.69. The van der Waals surface area contributed by atoms with Gasteiger partial charge >= 0.3 is 0 Å². The van der Waals surface area contributed by atoms with E-state index < -0.39 is 0 Å². The molecule has 10 rings (SSSR count). The maximum absolute atomic E-state index is 5.32. The molecule has 0 atom stereocenters. The predicted octanol–water partition coefficient (Wildman–Crippen LogP) is 11.6. The SMILES string of the molecule is c1ccc(-c2ncc(-n3c4c5ccccc5ccc4c4c5ccccc5c5c6ccccc6sc5c43)c(-c3ccccc3)n2)cc1. The van der Waals surface area contributed by atoms with Crippen LogP contribution in [0.25, 0.3) is 91.9 Å². The van der Waals surface area contributed by atoms with Crippen molar-refractivity contribution < 1.29 is 0 Å². The van der Waals surface area contributed by atoms with Gasteiger partial charge in [-0.3, -0.25) is 0 Å². The smallest absolute Gasteiger partial charge is 0.159 e. The average molecular weight is 604 g/mol. The molecule has 4 heteroatoms. The fourth-order valence-corrected chi connectivity index (χ4v) is 8.51. The van der Waals surface area contributed by atoms with Crippen molar-refractivity contribution in [3.05, 3.63) is 152 Å². The van der Waals surface area contributed by atoms with Crippen LogP contribution in [0.5, 0.6) is 0 Å². The summed E-state index contributed by atoms with van der Waals surface area (Å²) in [6.45, 7) is 0. The first-order valence-electron chi connectivity index (χ1n) is 15.5. The highest BCUT2D eigenvalue weighted by atomic mass is 32.1. The Hall–Kier alpha value is -5.84. The van der Waals surface area contributed by atoms with Gasteiger partial charge in [0.2, 0.25) is 0 Å². The highest BCUT2D eigenvalue weighted by molar-refractivity contribution is 7.27. The Bertz CT molecular complexity index is 2790. The summed E-state index contributed by atoms with van der Waals surface area (Å²) in [6, 6.07) is 51.8. The monoisotopic (exact) mass is 603 g/mol. The highest BCUT2D eigenvalue weighted by Gasteiger charge is 2.25. The Morgan fingerprint density at radius 2 is 1.11 bits per heavy atom. The number of hydrogen-bond donors (Lipinski definition) is 0. The first-order valence-corrected chi connectivity index (χ1v) is 16.3. The first kappa shape index (κ1) is 25.5. The van der Waals surface area contributed by atoms with Gasteiger partial charge in [-0.2, -0.15) is 0 Å². The summed E-state index contributed by atoms with van der Waals surface area (Å²) in [4.78, 5) is 10.4. The normalized spacial score (nSPS) is 11.9. The molecule has 0 aliphatic rings. The highest BCUT2D eigenvalue weighted by Crippen LogP contribution is 2.49. The molecule has 0 N–H and O–H groups in total. The second-order valence-corrected chi connectivity index (χ2v) is 12.8. The molecule has 0 amide bonds. The molecule has 7 aromatic carbocycles. The summed E-state index contributed by atoms with van der Waals surface area (Å²) in [7, 11) is 0. The van der Waals surface area contributed by atoms with E-state index in [4.69, 9.17) is 9.97 Å². The van der Waals surface area contributed by atoms with E-state index in [1.165, 1.54) is 63.5 Å². The van der Waals surface area contributed by atoms with Gasteiger partial charge in [-0.25, -0.2) is 9.97 Å². The molecule has 3 nitrogen and oxygen atoms in total. The molecular formula is C42H25N3S. The van der Waals surface area contributed by atoms with Crippen molar-refractivity contribution >= 4 is 74.9 Å². The van der Waals surface area contributed by atoms with Gasteiger partial charge < -0.3 is 4.57 Å². The maximum Gasteiger partial charge on any atom is 0.159 e. The summed E-state index contributed by atoms with van der Waals surface area (Å²) < 4.78 is 5.03. The number of aromatic nitrogens is 3. The third-order valence-corrected chi connectivity index (χ3v) is 10.4. The molecule has 0 aliphatic carbocycles. The van der Waals surface area contributed by atoms with Crippen LogP contribution in [0.3, 0.4) is 0 Å². The van der Waals surface area contributed by atoms with E-state index in [1.54, 1.807) is 0 Å². The first-order chi connectivity index (χ1) is 22.8. The Balaban J connectivity index is 1.48. The Kier molecular flexibility index (Phi) is 5.45. The van der Waals surface area contributed by atoms with Crippen LogP contribution >= 0.6 is 11.3 Å². The van der Waals surface area contributed by atoms with Gasteiger partial charge in [0.25, 0.3) is 0 Å². The van der Waals surface area contributed by atoms with Crippen molar-refractivity contribution in [1.82, 2.24) is 14.5 Å². The zero-order valence-electron chi connectivity index (χ0n) is 24.7. The van der Waals surface area contributed by atoms with Crippen molar-refractivity contribution in [2.75, 3.05) is 0 Å². The Morgan fingerprint density at radius 1 is 0.478 bits per heavy atom. The number of benzene rings is 7. The predicted molar refractivity (Wildman–Crippen MR) is 195 cm³/mol. The van der Waals surface area contributed by atoms with Crippen molar-refractivity contribution in [1.29, 1.82) is 0 Å². The summed E-state index contributed by atoms with van der Waals surface area (Å²) >= 11 is 1.88. The van der Waals surface area contributed by atoms with E-state index >= 15 is 0 Å². The van der Waals surface area contributed by atoms with E-state index in [0.717, 1.165) is 22.5 Å². The van der Waals surface area contributed by atoms with Crippen LogP contribution in [0.1, 0.15) is 0 Å². The molecular weight excluding hydrogens is 579 g/mol. The van der Waals surface area contributed by atoms with Crippen LogP contribution in [-0.2, 0) is 0 Å². The lowest BCUT2D eigenvalue weighted by Crippen LogP contribution is -2.03. The summed E-state index contributed by atoms with van der Waals surface area (Å²) in [5.74, 6) is 0.714. The fourth-order valence-electron chi connectivity index (χ4n) is 7.25. The molecule has 0 spiro atoms. The third-order valence-electron chi connectivity index (χ3n) is 9.22. The van der Waals surface area contributed by atoms with Crippen LogP contribution in [0.4, 0.5) is 0 Å². The van der Waals surface area contributed by atoms with Crippen LogP contribution in [0, 0.1) is 0 Å². The minimum Gasteiger partial charge on any atom is -0.304 e. The zero-order valence-corrected chi connectivity index (χ0v) is 25.5. The van der Waals surface area contributed by atoms with Crippen LogP contribution in [0.2, 0.25) is 0 Å². The van der Waals surface area contributed by atoms with Gasteiger partial charge in [0.1, 0.15) is 0 Å². The summed E-state index contributed by atoms with van der Waals surface area (Å²) in [5.41, 5.74) is 6.31. The molecule has 0 radical (unpaired) electrons. The van der Waals surface area contributed by atoms with E-state index in [0.29, 0.717) is 5.82 Å². The van der Waals surface area contributed by atoms with Gasteiger partial charge in [-0.05, 0) is 22.2 Å². The molecule has 3 heterocycles. The zero-order chi connectivity index (χ0) is 30.2. The van der Waals surface area contributed by atoms with Crippen molar-refractivity contribution in [3.63, 3.8) is 0 Å². The second kappa shape index (κ2) is 9.83. The van der Waals surface area contributed by atoms with Gasteiger partial charge in [-0.1, -0.05) is 140 Å². The topological polar surface area (TPSA) is 30.7 Å². The van der Waals surface area contributed by atoms with Crippen molar-refractivity contribution in [2.24, 2.45) is 0 Å². The van der Waals surface area contributed by atoms with E-state index in [-0.39, 0.29) is 0 Å². The fraction of sp³-hybridized carbons (Fsp3) is 0. The molecule has 0 saturated carbocycles. The van der Waals surface area contributed by atoms with Gasteiger partial charge in [0.05, 0.1) is 33.3 Å². The molecule has 46 heavy (non-hydrogen) atoms. The number of hydrogen-bond acceptors (Lipinski definition) is 3. The molecule has 0 unspecified atom stereocenters. The largest absolute Gasteiger partial charge is 0.304 e. The number of thiophene rings is 1. The quantitative estimate of drug-likeness (QED) is 0.201. The lowest BCUT2D eigenvalue weighted by Gasteiger charge is -2.16. The number of fused-ring (bicyclic) bond motifs is 12. The van der Waals surface area contributed by atoms with Crippen molar-refractivity contribution in [3.8, 4) is 28.3 Å². The van der Waals surface area contributed by atoms with Gasteiger partial charge in [-0.15, -0.1) is 11.3 Å². The molecule has 3 aromatic heterocycles. The van der Waals surface area contributed by atoms with Crippen molar-refractivity contribution in [2.45, 2.75) is 0 Å². The lowest BCUT2D eigenvalue weighted by molar-refractivity contribution is 1.09. The third kappa shape index (κ3) is 3.59. The van der Waals surface area contributed by atoms with E-state index in [1.807, 2.05) is 35.7 Å². The van der Waals surface area contributed by atoms with Gasteiger partial charge in [0.15, 0.2) is 5.82 Å². The number of nitrogens with zero attached hydrogens (tertiary/aromatic N) is 3. The molecule has 0 fully saturated rings. The molecule has 0 aliphatic heterocycles. The Labute approximate surface area is 268 Å². The Morgan fingerprint density at radius 3 is 1.89 bits per heavy atom. The van der Waals surface area contributed by atoms with Gasteiger partial charge in [0, 0.05) is 42.8 Å². The molecule has 0 saturated heterocycles. The summed E-state index contributed by atoms with van der Waals surface area (Å²) in [6.07, 6.45) is 2.03. The minimum absolute atomic E-state index is 0.714. The second-order valence-electron chi connectivity index (χ2n) is 11.7. The summed E-state index contributed by atoms with van der Waals surface area (Å²) in [5, 5.41) is 10.1. The van der Waals surface area contributed by atoms with E-state index in [9.17, 15) is 0 Å².